The Morgan fingerprint density at radius 1 is 1.19 bits per heavy atom. The lowest BCUT2D eigenvalue weighted by atomic mass is 9.96. The minimum atomic E-state index is -0.817. The third-order valence-corrected chi connectivity index (χ3v) is 8.85. The van der Waals surface area contributed by atoms with Crippen molar-refractivity contribution in [3.05, 3.63) is 127 Å². The summed E-state index contributed by atoms with van der Waals surface area (Å²) in [6, 6.07) is 19.0. The number of thiazole rings is 1. The fourth-order valence-electron chi connectivity index (χ4n) is 4.59. The predicted molar refractivity (Wildman–Crippen MR) is 172 cm³/mol. The number of carbonyl (C=O) groups excluding carboxylic acids is 1. The molecule has 3 aromatic carbocycles. The molecule has 0 N–H and O–H groups in total. The van der Waals surface area contributed by atoms with Crippen LogP contribution in [0.1, 0.15) is 42.1 Å². The van der Waals surface area contributed by atoms with Crippen molar-refractivity contribution in [3.8, 4) is 11.8 Å². The molecular weight excluding hydrogens is 708 g/mol. The smallest absolute Gasteiger partial charge is 0.338 e. The Kier molecular flexibility index (Phi) is 9.18. The summed E-state index contributed by atoms with van der Waals surface area (Å²) in [5.74, 6) is 0.00192. The molecule has 11 heteroatoms. The molecule has 0 saturated heterocycles. The van der Waals surface area contributed by atoms with Gasteiger partial charge in [0.2, 0.25) is 0 Å². The fourth-order valence-corrected chi connectivity index (χ4v) is 7.08. The number of allylic oxidation sites excluding steroid dienone is 1. The highest BCUT2D eigenvalue weighted by molar-refractivity contribution is 14.1. The maximum atomic E-state index is 14.0. The van der Waals surface area contributed by atoms with E-state index in [1.165, 1.54) is 15.9 Å². The molecule has 5 rings (SSSR count). The van der Waals surface area contributed by atoms with Gasteiger partial charge < -0.3 is 9.47 Å². The van der Waals surface area contributed by atoms with Crippen molar-refractivity contribution < 1.29 is 14.3 Å². The Morgan fingerprint density at radius 2 is 1.93 bits per heavy atom. The number of nitriles is 1. The number of hydrogen-bond acceptors (Lipinski definition) is 7. The number of rotatable bonds is 7. The molecule has 0 radical (unpaired) electrons. The second-order valence-corrected chi connectivity index (χ2v) is 12.2. The molecule has 0 spiro atoms. The average molecular weight is 730 g/mol. The van der Waals surface area contributed by atoms with E-state index in [0.29, 0.717) is 47.5 Å². The van der Waals surface area contributed by atoms with Crippen molar-refractivity contribution in [1.82, 2.24) is 4.57 Å². The highest BCUT2D eigenvalue weighted by atomic mass is 127. The SMILES string of the molecule is CCOC(=O)C1=C(C)N=c2s/c(=C\c3cc(Cl)cc(I)c3OCc3ccc(C#N)cc3)c(=O)n2[C@H]1c1ccccc1Cl. The van der Waals surface area contributed by atoms with Gasteiger partial charge in [-0.1, -0.05) is 64.9 Å². The number of carbonyl (C=O) groups is 1. The molecule has 0 unspecified atom stereocenters. The Balaban J connectivity index is 1.64. The lowest BCUT2D eigenvalue weighted by Gasteiger charge is -2.25. The number of fused-ring (bicyclic) bond motifs is 1. The first-order chi connectivity index (χ1) is 20.2. The van der Waals surface area contributed by atoms with E-state index in [-0.39, 0.29) is 24.3 Å². The molecule has 212 valence electrons. The van der Waals surface area contributed by atoms with Gasteiger partial charge in [0.1, 0.15) is 18.4 Å². The van der Waals surface area contributed by atoms with Gasteiger partial charge >= 0.3 is 5.97 Å². The molecule has 7 nitrogen and oxygen atoms in total. The fraction of sp³-hybridized carbons (Fsp3) is 0.161. The molecule has 2 heterocycles. The molecule has 1 aliphatic heterocycles. The van der Waals surface area contributed by atoms with Gasteiger partial charge in [0.15, 0.2) is 4.80 Å². The highest BCUT2D eigenvalue weighted by Crippen LogP contribution is 2.35. The summed E-state index contributed by atoms with van der Waals surface area (Å²) in [5.41, 5.74) is 3.02. The van der Waals surface area contributed by atoms with Gasteiger partial charge in [0, 0.05) is 15.6 Å². The first-order valence-corrected chi connectivity index (χ1v) is 15.4. The van der Waals surface area contributed by atoms with Crippen LogP contribution in [0.2, 0.25) is 10.0 Å². The number of ether oxygens (including phenoxy) is 2. The summed E-state index contributed by atoms with van der Waals surface area (Å²) >= 11 is 16.4. The van der Waals surface area contributed by atoms with Crippen LogP contribution in [0.3, 0.4) is 0 Å². The van der Waals surface area contributed by atoms with Crippen LogP contribution in [0.15, 0.2) is 81.7 Å². The maximum Gasteiger partial charge on any atom is 0.338 e. The van der Waals surface area contributed by atoms with Crippen LogP contribution in [0, 0.1) is 14.9 Å². The number of aromatic nitrogens is 1. The van der Waals surface area contributed by atoms with Crippen molar-refractivity contribution >= 4 is 69.2 Å². The largest absolute Gasteiger partial charge is 0.487 e. The summed E-state index contributed by atoms with van der Waals surface area (Å²) in [6.45, 7) is 3.87. The maximum absolute atomic E-state index is 14.0. The zero-order chi connectivity index (χ0) is 30.0. The zero-order valence-electron chi connectivity index (χ0n) is 22.4. The molecule has 1 atom stereocenters. The summed E-state index contributed by atoms with van der Waals surface area (Å²) < 4.78 is 14.2. The second kappa shape index (κ2) is 12.8. The van der Waals surface area contributed by atoms with Gasteiger partial charge in [-0.25, -0.2) is 9.79 Å². The highest BCUT2D eigenvalue weighted by Gasteiger charge is 2.34. The first-order valence-electron chi connectivity index (χ1n) is 12.8. The van der Waals surface area contributed by atoms with Gasteiger partial charge in [0.25, 0.3) is 5.56 Å². The lowest BCUT2D eigenvalue weighted by Crippen LogP contribution is -2.40. The van der Waals surface area contributed by atoms with E-state index in [1.807, 2.05) is 12.1 Å². The Bertz CT molecular complexity index is 1960. The first kappa shape index (κ1) is 30.0. The molecular formula is C31H22Cl2IN3O4S. The molecule has 42 heavy (non-hydrogen) atoms. The van der Waals surface area contributed by atoms with Gasteiger partial charge in [-0.3, -0.25) is 9.36 Å². The van der Waals surface area contributed by atoms with E-state index in [2.05, 4.69) is 33.7 Å². The van der Waals surface area contributed by atoms with Gasteiger partial charge in [-0.2, -0.15) is 5.26 Å². The summed E-state index contributed by atoms with van der Waals surface area (Å²) in [5, 5.41) is 9.97. The second-order valence-electron chi connectivity index (χ2n) is 9.23. The van der Waals surface area contributed by atoms with Crippen molar-refractivity contribution in [2.45, 2.75) is 26.5 Å². The monoisotopic (exact) mass is 729 g/mol. The minimum Gasteiger partial charge on any atom is -0.487 e. The summed E-state index contributed by atoms with van der Waals surface area (Å²) in [6.07, 6.45) is 1.72. The molecule has 0 aliphatic carbocycles. The molecule has 1 aliphatic rings. The van der Waals surface area contributed by atoms with Crippen LogP contribution >= 0.6 is 57.1 Å². The predicted octanol–water partition coefficient (Wildman–Crippen LogP) is 6.16. The van der Waals surface area contributed by atoms with Gasteiger partial charge in [-0.05, 0) is 84.0 Å². The number of benzene rings is 3. The summed E-state index contributed by atoms with van der Waals surface area (Å²) in [7, 11) is 0. The molecule has 0 amide bonds. The third kappa shape index (κ3) is 6.03. The van der Waals surface area contributed by atoms with Crippen LogP contribution in [0.4, 0.5) is 0 Å². The standard InChI is InChI=1S/C31H22Cl2IN3O4S/c1-3-40-30(39)26-17(2)36-31-37(27(26)22-6-4-5-7-23(22)33)29(38)25(42-31)13-20-12-21(32)14-24(34)28(20)41-16-19-10-8-18(15-35)9-11-19/h4-14,27H,3,16H2,1-2H3/b25-13-/t27-/m0/s1. The number of hydrogen-bond donors (Lipinski definition) is 0. The van der Waals surface area contributed by atoms with E-state index >= 15 is 0 Å². The lowest BCUT2D eigenvalue weighted by molar-refractivity contribution is -0.139. The number of esters is 1. The van der Waals surface area contributed by atoms with Gasteiger partial charge in [0.05, 0.1) is 37.6 Å². The van der Waals surface area contributed by atoms with Crippen LogP contribution in [0.5, 0.6) is 5.75 Å². The van der Waals surface area contributed by atoms with Crippen LogP contribution in [0.25, 0.3) is 6.08 Å². The average Bonchev–Trinajstić information content (AvgIpc) is 3.26. The number of halogens is 3. The van der Waals surface area contributed by atoms with Gasteiger partial charge in [-0.15, -0.1) is 0 Å². The van der Waals surface area contributed by atoms with E-state index in [1.54, 1.807) is 68.5 Å². The quantitative estimate of drug-likeness (QED) is 0.168. The molecule has 4 aromatic rings. The van der Waals surface area contributed by atoms with E-state index in [9.17, 15) is 9.59 Å². The topological polar surface area (TPSA) is 93.7 Å². The Morgan fingerprint density at radius 3 is 2.62 bits per heavy atom. The normalized spacial score (nSPS) is 14.7. The molecule has 0 bridgehead atoms. The van der Waals surface area contributed by atoms with Crippen molar-refractivity contribution in [1.29, 1.82) is 5.26 Å². The molecule has 0 saturated carbocycles. The van der Waals surface area contributed by atoms with Crippen molar-refractivity contribution in [2.24, 2.45) is 4.99 Å². The molecule has 0 fully saturated rings. The Labute approximate surface area is 269 Å². The van der Waals surface area contributed by atoms with E-state index in [0.717, 1.165) is 9.13 Å². The summed E-state index contributed by atoms with van der Waals surface area (Å²) in [4.78, 5) is 32.2. The van der Waals surface area contributed by atoms with E-state index < -0.39 is 12.0 Å². The van der Waals surface area contributed by atoms with Crippen LogP contribution < -0.4 is 19.6 Å². The zero-order valence-corrected chi connectivity index (χ0v) is 26.8. The number of nitrogens with zero attached hydrogens (tertiary/aromatic N) is 3. The minimum absolute atomic E-state index is 0.175. The third-order valence-electron chi connectivity index (χ3n) is 6.51. The van der Waals surface area contributed by atoms with Crippen molar-refractivity contribution in [2.75, 3.05) is 6.61 Å². The Hall–Kier alpha value is -3.43. The van der Waals surface area contributed by atoms with Crippen LogP contribution in [-0.2, 0) is 16.1 Å². The van der Waals surface area contributed by atoms with Crippen LogP contribution in [-0.4, -0.2) is 17.1 Å². The van der Waals surface area contributed by atoms with E-state index in [4.69, 9.17) is 37.9 Å². The molecule has 1 aromatic heterocycles. The van der Waals surface area contributed by atoms with Crippen molar-refractivity contribution in [3.63, 3.8) is 0 Å².